The predicted octanol–water partition coefficient (Wildman–Crippen LogP) is 1.99. The summed E-state index contributed by atoms with van der Waals surface area (Å²) < 4.78 is 26.1. The van der Waals surface area contributed by atoms with Gasteiger partial charge in [0.2, 0.25) is 10.0 Å². The van der Waals surface area contributed by atoms with Gasteiger partial charge in [-0.15, -0.1) is 0 Å². The number of hydrogen-bond donors (Lipinski definition) is 2. The minimum Gasteiger partial charge on any atom is -0.349 e. The standard InChI is InChI=1S/C20H25N3O3S/c1-21-27(25,26)19-9-5-8-17(14-19)20(24)22-18-10-12-23(13-11-18)15-16-6-3-2-4-7-16/h2-9,14,18,21H,10-13,15H2,1H3,(H,22,24). The molecule has 2 aromatic rings. The van der Waals surface area contributed by atoms with Crippen molar-refractivity contribution in [1.29, 1.82) is 0 Å². The van der Waals surface area contributed by atoms with Crippen LogP contribution >= 0.6 is 0 Å². The molecule has 144 valence electrons. The van der Waals surface area contributed by atoms with Crippen LogP contribution in [0, 0.1) is 0 Å². The molecule has 6 nitrogen and oxygen atoms in total. The molecule has 0 aliphatic carbocycles. The summed E-state index contributed by atoms with van der Waals surface area (Å²) in [5.74, 6) is -0.232. The number of carbonyl (C=O) groups is 1. The Kier molecular flexibility index (Phi) is 6.26. The van der Waals surface area contributed by atoms with Gasteiger partial charge in [-0.05, 0) is 43.7 Å². The fraction of sp³-hybridized carbons (Fsp3) is 0.350. The van der Waals surface area contributed by atoms with E-state index < -0.39 is 10.0 Å². The Labute approximate surface area is 160 Å². The Morgan fingerprint density at radius 2 is 1.78 bits per heavy atom. The fourth-order valence-electron chi connectivity index (χ4n) is 3.27. The minimum absolute atomic E-state index is 0.0929. The number of sulfonamides is 1. The molecular weight excluding hydrogens is 362 g/mol. The average molecular weight is 388 g/mol. The summed E-state index contributed by atoms with van der Waals surface area (Å²) in [5.41, 5.74) is 1.65. The van der Waals surface area contributed by atoms with E-state index in [2.05, 4.69) is 27.1 Å². The summed E-state index contributed by atoms with van der Waals surface area (Å²) in [4.78, 5) is 15.0. The quantitative estimate of drug-likeness (QED) is 0.795. The van der Waals surface area contributed by atoms with Gasteiger partial charge < -0.3 is 5.32 Å². The van der Waals surface area contributed by atoms with Gasteiger partial charge in [-0.1, -0.05) is 36.4 Å². The van der Waals surface area contributed by atoms with Gasteiger partial charge in [-0.2, -0.15) is 0 Å². The topological polar surface area (TPSA) is 78.5 Å². The smallest absolute Gasteiger partial charge is 0.251 e. The van der Waals surface area contributed by atoms with E-state index in [-0.39, 0.29) is 16.8 Å². The van der Waals surface area contributed by atoms with Crippen molar-refractivity contribution in [3.63, 3.8) is 0 Å². The second kappa shape index (κ2) is 8.65. The SMILES string of the molecule is CNS(=O)(=O)c1cccc(C(=O)NC2CCN(Cc3ccccc3)CC2)c1. The number of hydrogen-bond acceptors (Lipinski definition) is 4. The van der Waals surface area contributed by atoms with Crippen LogP contribution in [0.2, 0.25) is 0 Å². The molecule has 0 saturated carbocycles. The van der Waals surface area contributed by atoms with E-state index in [1.807, 2.05) is 18.2 Å². The number of carbonyl (C=O) groups excluding carboxylic acids is 1. The van der Waals surface area contributed by atoms with Crippen LogP contribution in [0.25, 0.3) is 0 Å². The lowest BCUT2D eigenvalue weighted by atomic mass is 10.0. The third kappa shape index (κ3) is 5.15. The largest absolute Gasteiger partial charge is 0.349 e. The van der Waals surface area contributed by atoms with Gasteiger partial charge in [-0.25, -0.2) is 13.1 Å². The summed E-state index contributed by atoms with van der Waals surface area (Å²) in [7, 11) is -2.21. The molecule has 0 bridgehead atoms. The van der Waals surface area contributed by atoms with Crippen molar-refractivity contribution in [2.24, 2.45) is 0 Å². The van der Waals surface area contributed by atoms with E-state index in [0.29, 0.717) is 5.56 Å². The van der Waals surface area contributed by atoms with Gasteiger partial charge >= 0.3 is 0 Å². The predicted molar refractivity (Wildman–Crippen MR) is 105 cm³/mol. The highest BCUT2D eigenvalue weighted by atomic mass is 32.2. The van der Waals surface area contributed by atoms with Crippen LogP contribution in [0.15, 0.2) is 59.5 Å². The molecule has 1 saturated heterocycles. The maximum Gasteiger partial charge on any atom is 0.251 e. The zero-order chi connectivity index (χ0) is 19.3. The van der Waals surface area contributed by atoms with Crippen molar-refractivity contribution in [1.82, 2.24) is 14.9 Å². The van der Waals surface area contributed by atoms with E-state index in [0.717, 1.165) is 32.5 Å². The van der Waals surface area contributed by atoms with Crippen molar-refractivity contribution in [2.45, 2.75) is 30.3 Å². The van der Waals surface area contributed by atoms with Crippen LogP contribution < -0.4 is 10.0 Å². The summed E-state index contributed by atoms with van der Waals surface area (Å²) >= 11 is 0. The first-order valence-electron chi connectivity index (χ1n) is 9.09. The van der Waals surface area contributed by atoms with E-state index >= 15 is 0 Å². The first-order valence-corrected chi connectivity index (χ1v) is 10.6. The maximum atomic E-state index is 12.5. The molecule has 27 heavy (non-hydrogen) atoms. The van der Waals surface area contributed by atoms with E-state index in [1.54, 1.807) is 12.1 Å². The molecule has 3 rings (SSSR count). The zero-order valence-corrected chi connectivity index (χ0v) is 16.2. The highest BCUT2D eigenvalue weighted by molar-refractivity contribution is 7.89. The monoisotopic (exact) mass is 387 g/mol. The van der Waals surface area contributed by atoms with Gasteiger partial charge in [0, 0.05) is 31.2 Å². The van der Waals surface area contributed by atoms with Crippen molar-refractivity contribution >= 4 is 15.9 Å². The molecule has 0 radical (unpaired) electrons. The number of amides is 1. The molecule has 2 aromatic carbocycles. The van der Waals surface area contributed by atoms with Crippen LogP contribution in [0.4, 0.5) is 0 Å². The second-order valence-electron chi connectivity index (χ2n) is 6.74. The second-order valence-corrected chi connectivity index (χ2v) is 8.63. The molecule has 2 N–H and O–H groups in total. The highest BCUT2D eigenvalue weighted by Gasteiger charge is 2.22. The molecule has 0 spiro atoms. The lowest BCUT2D eigenvalue weighted by Crippen LogP contribution is -2.44. The molecule has 0 atom stereocenters. The van der Waals surface area contributed by atoms with Gasteiger partial charge in [0.1, 0.15) is 0 Å². The van der Waals surface area contributed by atoms with Crippen LogP contribution in [0.1, 0.15) is 28.8 Å². The Hall–Kier alpha value is -2.22. The van der Waals surface area contributed by atoms with Crippen LogP contribution in [0.3, 0.4) is 0 Å². The average Bonchev–Trinajstić information content (AvgIpc) is 2.70. The van der Waals surface area contributed by atoms with Crippen molar-refractivity contribution < 1.29 is 13.2 Å². The summed E-state index contributed by atoms with van der Waals surface area (Å²) in [6.07, 6.45) is 1.76. The molecule has 7 heteroatoms. The zero-order valence-electron chi connectivity index (χ0n) is 15.4. The first-order chi connectivity index (χ1) is 13.0. The number of nitrogens with zero attached hydrogens (tertiary/aromatic N) is 1. The van der Waals surface area contributed by atoms with E-state index in [9.17, 15) is 13.2 Å². The third-order valence-corrected chi connectivity index (χ3v) is 6.26. The molecule has 0 aromatic heterocycles. The Balaban J connectivity index is 1.55. The molecular formula is C20H25N3O3S. The number of likely N-dealkylation sites (tertiary alicyclic amines) is 1. The molecule has 0 unspecified atom stereocenters. The Morgan fingerprint density at radius 1 is 1.07 bits per heavy atom. The van der Waals surface area contributed by atoms with Gasteiger partial charge in [0.05, 0.1) is 4.90 Å². The van der Waals surface area contributed by atoms with E-state index in [1.165, 1.54) is 24.7 Å². The normalized spacial score (nSPS) is 16.2. The Bertz CT molecular complexity index is 876. The number of benzene rings is 2. The molecule has 1 aliphatic heterocycles. The first kappa shape index (κ1) is 19.5. The number of rotatable bonds is 6. The van der Waals surface area contributed by atoms with Crippen molar-refractivity contribution in [3.8, 4) is 0 Å². The molecule has 1 aliphatic rings. The highest BCUT2D eigenvalue weighted by Crippen LogP contribution is 2.16. The van der Waals surface area contributed by atoms with Crippen LogP contribution in [-0.4, -0.2) is 45.4 Å². The number of piperidine rings is 1. The minimum atomic E-state index is -3.56. The summed E-state index contributed by atoms with van der Waals surface area (Å²) in [6.45, 7) is 2.77. The van der Waals surface area contributed by atoms with Crippen molar-refractivity contribution in [3.05, 3.63) is 65.7 Å². The van der Waals surface area contributed by atoms with Crippen LogP contribution in [0.5, 0.6) is 0 Å². The van der Waals surface area contributed by atoms with Gasteiger partial charge in [-0.3, -0.25) is 9.69 Å². The summed E-state index contributed by atoms with van der Waals surface area (Å²) in [6, 6.07) is 16.6. The fourth-order valence-corrected chi connectivity index (χ4v) is 4.04. The lowest BCUT2D eigenvalue weighted by Gasteiger charge is -2.32. The lowest BCUT2D eigenvalue weighted by molar-refractivity contribution is 0.0908. The Morgan fingerprint density at radius 3 is 2.44 bits per heavy atom. The number of nitrogens with one attached hydrogen (secondary N) is 2. The molecule has 1 fully saturated rings. The van der Waals surface area contributed by atoms with Gasteiger partial charge in [0.15, 0.2) is 0 Å². The van der Waals surface area contributed by atoms with Crippen LogP contribution in [-0.2, 0) is 16.6 Å². The van der Waals surface area contributed by atoms with Crippen molar-refractivity contribution in [2.75, 3.05) is 20.1 Å². The summed E-state index contributed by atoms with van der Waals surface area (Å²) in [5, 5.41) is 3.04. The van der Waals surface area contributed by atoms with E-state index in [4.69, 9.17) is 0 Å². The van der Waals surface area contributed by atoms with Gasteiger partial charge in [0.25, 0.3) is 5.91 Å². The molecule has 1 amide bonds. The maximum absolute atomic E-state index is 12.5. The third-order valence-electron chi connectivity index (χ3n) is 4.85. The molecule has 1 heterocycles.